The third-order valence-corrected chi connectivity index (χ3v) is 5.89. The number of carboxylic acids is 1. The summed E-state index contributed by atoms with van der Waals surface area (Å²) in [7, 11) is 0. The predicted octanol–water partition coefficient (Wildman–Crippen LogP) is 4.52. The highest BCUT2D eigenvalue weighted by molar-refractivity contribution is 7.15. The lowest BCUT2D eigenvalue weighted by atomic mass is 10.1. The van der Waals surface area contributed by atoms with Crippen LogP contribution in [0.3, 0.4) is 0 Å². The van der Waals surface area contributed by atoms with Crippen LogP contribution in [0.4, 0.5) is 0 Å². The van der Waals surface area contributed by atoms with E-state index in [4.69, 9.17) is 16.3 Å². The summed E-state index contributed by atoms with van der Waals surface area (Å²) in [6.45, 7) is 5.61. The molecule has 9 heteroatoms. The van der Waals surface area contributed by atoms with Crippen LogP contribution in [-0.2, 0) is 22.5 Å². The lowest BCUT2D eigenvalue weighted by Gasteiger charge is -2.16. The molecule has 2 N–H and O–H groups in total. The fraction of sp³-hybridized carbons (Fsp3) is 0.304. The number of aryl methyl sites for hydroxylation is 1. The van der Waals surface area contributed by atoms with Gasteiger partial charge in [0.25, 0.3) is 5.91 Å². The number of pyridine rings is 1. The third-order valence-electron chi connectivity index (χ3n) is 4.56. The molecule has 1 atom stereocenters. The first-order chi connectivity index (χ1) is 15.2. The number of nitrogens with one attached hydrogen (secondary N) is 1. The number of carbonyl (C=O) groups is 2. The molecule has 32 heavy (non-hydrogen) atoms. The maximum absolute atomic E-state index is 12.7. The van der Waals surface area contributed by atoms with Gasteiger partial charge in [-0.15, -0.1) is 11.3 Å². The Morgan fingerprint density at radius 3 is 2.69 bits per heavy atom. The minimum absolute atomic E-state index is 0.188. The summed E-state index contributed by atoms with van der Waals surface area (Å²) in [5.74, 6) is -1.32. The van der Waals surface area contributed by atoms with E-state index in [0.717, 1.165) is 16.0 Å². The van der Waals surface area contributed by atoms with Gasteiger partial charge < -0.3 is 15.2 Å². The standard InChI is InChI=1S/C23H24ClN3O4S/c1-13(2)31-19(23(29)30)11-15-8-9-25-16(10-15)12-26-21(28)20-14(3)32-22(27-20)17-6-4-5-7-18(17)24/h4-10,13,19H,11-12H2,1-3H3,(H,26,28)(H,29,30). The van der Waals surface area contributed by atoms with Crippen molar-refractivity contribution in [1.82, 2.24) is 15.3 Å². The molecule has 0 bridgehead atoms. The number of hydrogen-bond donors (Lipinski definition) is 2. The maximum Gasteiger partial charge on any atom is 0.333 e. The molecule has 0 saturated carbocycles. The van der Waals surface area contributed by atoms with Crippen LogP contribution in [-0.4, -0.2) is 39.2 Å². The Balaban J connectivity index is 1.67. The number of halogens is 1. The lowest BCUT2D eigenvalue weighted by Crippen LogP contribution is -2.29. The van der Waals surface area contributed by atoms with E-state index in [0.29, 0.717) is 21.4 Å². The van der Waals surface area contributed by atoms with Gasteiger partial charge >= 0.3 is 5.97 Å². The van der Waals surface area contributed by atoms with E-state index < -0.39 is 12.1 Å². The molecule has 2 heterocycles. The van der Waals surface area contributed by atoms with Crippen LogP contribution in [0.25, 0.3) is 10.6 Å². The second-order valence-corrected chi connectivity index (χ2v) is 9.07. The number of nitrogens with zero attached hydrogens (tertiary/aromatic N) is 2. The van der Waals surface area contributed by atoms with E-state index in [1.54, 1.807) is 38.2 Å². The van der Waals surface area contributed by atoms with Gasteiger partial charge in [-0.2, -0.15) is 0 Å². The van der Waals surface area contributed by atoms with Crippen molar-refractivity contribution in [1.29, 1.82) is 0 Å². The van der Waals surface area contributed by atoms with E-state index in [9.17, 15) is 14.7 Å². The van der Waals surface area contributed by atoms with Crippen molar-refractivity contribution in [3.05, 3.63) is 69.4 Å². The van der Waals surface area contributed by atoms with Gasteiger partial charge in [0, 0.05) is 23.1 Å². The number of amides is 1. The number of carboxylic acid groups (broad SMARTS) is 1. The number of aromatic nitrogens is 2. The topological polar surface area (TPSA) is 101 Å². The quantitative estimate of drug-likeness (QED) is 0.474. The molecule has 0 spiro atoms. The summed E-state index contributed by atoms with van der Waals surface area (Å²) in [6.07, 6.45) is 0.660. The summed E-state index contributed by atoms with van der Waals surface area (Å²) < 4.78 is 5.47. The molecule has 3 rings (SSSR count). The Morgan fingerprint density at radius 1 is 1.25 bits per heavy atom. The molecule has 0 saturated heterocycles. The molecular weight excluding hydrogens is 450 g/mol. The summed E-state index contributed by atoms with van der Waals surface area (Å²) in [5.41, 5.74) is 2.51. The molecule has 0 radical (unpaired) electrons. The van der Waals surface area contributed by atoms with Crippen molar-refractivity contribution >= 4 is 34.8 Å². The summed E-state index contributed by atoms with van der Waals surface area (Å²) in [5, 5.41) is 13.5. The number of aliphatic carboxylic acids is 1. The number of ether oxygens (including phenoxy) is 1. The van der Waals surface area contributed by atoms with Gasteiger partial charge in [-0.3, -0.25) is 9.78 Å². The third kappa shape index (κ3) is 6.12. The number of rotatable bonds is 9. The molecule has 168 valence electrons. The Labute approximate surface area is 195 Å². The van der Waals surface area contributed by atoms with Crippen LogP contribution in [0.2, 0.25) is 5.02 Å². The maximum atomic E-state index is 12.7. The summed E-state index contributed by atoms with van der Waals surface area (Å²) in [4.78, 5) is 33.7. The van der Waals surface area contributed by atoms with E-state index in [-0.39, 0.29) is 25.0 Å². The second-order valence-electron chi connectivity index (χ2n) is 7.46. The average molecular weight is 474 g/mol. The fourth-order valence-electron chi connectivity index (χ4n) is 3.10. The van der Waals surface area contributed by atoms with E-state index in [1.807, 2.05) is 25.1 Å². The van der Waals surface area contributed by atoms with Gasteiger partial charge in [0.05, 0.1) is 23.4 Å². The van der Waals surface area contributed by atoms with Crippen LogP contribution in [0.15, 0.2) is 42.6 Å². The smallest absolute Gasteiger partial charge is 0.333 e. The van der Waals surface area contributed by atoms with Gasteiger partial charge in [0.2, 0.25) is 0 Å². The first-order valence-corrected chi connectivity index (χ1v) is 11.3. The average Bonchev–Trinajstić information content (AvgIpc) is 3.13. The molecule has 1 amide bonds. The van der Waals surface area contributed by atoms with E-state index in [2.05, 4.69) is 15.3 Å². The summed E-state index contributed by atoms with van der Waals surface area (Å²) in [6, 6.07) is 10.9. The molecule has 0 aliphatic carbocycles. The van der Waals surface area contributed by atoms with E-state index in [1.165, 1.54) is 11.3 Å². The van der Waals surface area contributed by atoms with Gasteiger partial charge in [-0.25, -0.2) is 9.78 Å². The Kier molecular flexibility index (Phi) is 7.95. The lowest BCUT2D eigenvalue weighted by molar-refractivity contribution is -0.153. The molecule has 2 aromatic heterocycles. The zero-order chi connectivity index (χ0) is 23.3. The van der Waals surface area contributed by atoms with Gasteiger partial charge in [-0.05, 0) is 44.5 Å². The van der Waals surface area contributed by atoms with Crippen molar-refractivity contribution in [2.45, 2.75) is 45.9 Å². The minimum Gasteiger partial charge on any atom is -0.479 e. The molecule has 7 nitrogen and oxygen atoms in total. The van der Waals surface area contributed by atoms with Crippen LogP contribution in [0, 0.1) is 6.92 Å². The van der Waals surface area contributed by atoms with E-state index >= 15 is 0 Å². The SMILES string of the molecule is Cc1sc(-c2ccccc2Cl)nc1C(=O)NCc1cc(CC(OC(C)C)C(=O)O)ccn1. The second kappa shape index (κ2) is 10.7. The number of carbonyl (C=O) groups excluding carboxylic acids is 1. The normalized spacial score (nSPS) is 12.0. The summed E-state index contributed by atoms with van der Waals surface area (Å²) >= 11 is 7.66. The highest BCUT2D eigenvalue weighted by Crippen LogP contribution is 2.32. The molecular formula is C23H24ClN3O4S. The Hall–Kier alpha value is -2.81. The largest absolute Gasteiger partial charge is 0.479 e. The first-order valence-electron chi connectivity index (χ1n) is 10.1. The van der Waals surface area contributed by atoms with Gasteiger partial charge in [-0.1, -0.05) is 29.8 Å². The molecule has 1 aromatic carbocycles. The molecule has 0 aliphatic heterocycles. The van der Waals surface area contributed by atoms with Crippen molar-refractivity contribution in [2.75, 3.05) is 0 Å². The van der Waals surface area contributed by atoms with Crippen LogP contribution in [0.1, 0.15) is 40.5 Å². The number of benzene rings is 1. The minimum atomic E-state index is -1.02. The Bertz CT molecular complexity index is 1120. The van der Waals surface area contributed by atoms with Crippen molar-refractivity contribution in [3.63, 3.8) is 0 Å². The van der Waals surface area contributed by atoms with Crippen molar-refractivity contribution < 1.29 is 19.4 Å². The van der Waals surface area contributed by atoms with Crippen molar-refractivity contribution in [2.24, 2.45) is 0 Å². The zero-order valence-corrected chi connectivity index (χ0v) is 19.5. The van der Waals surface area contributed by atoms with Gasteiger partial charge in [0.15, 0.2) is 6.10 Å². The van der Waals surface area contributed by atoms with Crippen molar-refractivity contribution in [3.8, 4) is 10.6 Å². The van der Waals surface area contributed by atoms with Crippen LogP contribution in [0.5, 0.6) is 0 Å². The molecule has 0 aliphatic rings. The van der Waals surface area contributed by atoms with Crippen LogP contribution < -0.4 is 5.32 Å². The predicted molar refractivity (Wildman–Crippen MR) is 124 cm³/mol. The van der Waals surface area contributed by atoms with Gasteiger partial charge in [0.1, 0.15) is 10.7 Å². The van der Waals surface area contributed by atoms with Crippen LogP contribution >= 0.6 is 22.9 Å². The molecule has 1 unspecified atom stereocenters. The first kappa shape index (κ1) is 23.8. The Morgan fingerprint density at radius 2 is 2.00 bits per heavy atom. The highest BCUT2D eigenvalue weighted by Gasteiger charge is 2.21. The zero-order valence-electron chi connectivity index (χ0n) is 18.0. The molecule has 3 aromatic rings. The number of hydrogen-bond acceptors (Lipinski definition) is 6. The monoisotopic (exact) mass is 473 g/mol. The highest BCUT2D eigenvalue weighted by atomic mass is 35.5. The number of thiazole rings is 1. The fourth-order valence-corrected chi connectivity index (χ4v) is 4.33. The molecule has 0 fully saturated rings.